The first kappa shape index (κ1) is 22.0. The van der Waals surface area contributed by atoms with E-state index in [1.54, 1.807) is 21.3 Å². The zero-order valence-corrected chi connectivity index (χ0v) is 18.8. The molecule has 8 nitrogen and oxygen atoms in total. The Morgan fingerprint density at radius 3 is 2.74 bits per heavy atom. The van der Waals surface area contributed by atoms with Crippen molar-refractivity contribution >= 4 is 0 Å². The molecule has 1 aromatic heterocycles. The van der Waals surface area contributed by atoms with E-state index in [1.807, 2.05) is 12.1 Å². The summed E-state index contributed by atoms with van der Waals surface area (Å²) < 4.78 is 27.9. The molecule has 1 unspecified atom stereocenters. The molecule has 2 fully saturated rings. The molecule has 1 aromatic carbocycles. The monoisotopic (exact) mass is 431 g/mol. The maximum atomic E-state index is 6.34. The summed E-state index contributed by atoms with van der Waals surface area (Å²) in [5.74, 6) is 3.43. The van der Waals surface area contributed by atoms with Crippen molar-refractivity contribution in [3.8, 4) is 11.5 Å². The van der Waals surface area contributed by atoms with Crippen molar-refractivity contribution in [3.63, 3.8) is 0 Å². The number of ether oxygens (including phenoxy) is 4. The van der Waals surface area contributed by atoms with E-state index in [0.717, 1.165) is 75.4 Å². The Hall–Kier alpha value is -2.16. The highest BCUT2D eigenvalue weighted by Gasteiger charge is 2.40. The van der Waals surface area contributed by atoms with Gasteiger partial charge in [0.15, 0.2) is 17.3 Å². The highest BCUT2D eigenvalue weighted by molar-refractivity contribution is 5.46. The van der Waals surface area contributed by atoms with E-state index >= 15 is 0 Å². The smallest absolute Gasteiger partial charge is 0.227 e. The van der Waals surface area contributed by atoms with Crippen molar-refractivity contribution in [1.29, 1.82) is 0 Å². The number of hydrogen-bond acceptors (Lipinski definition) is 8. The lowest BCUT2D eigenvalue weighted by atomic mass is 9.78. The lowest BCUT2D eigenvalue weighted by molar-refractivity contribution is -0.128. The minimum atomic E-state index is -0.0345. The van der Waals surface area contributed by atoms with Gasteiger partial charge in [0.1, 0.15) is 6.61 Å². The quantitative estimate of drug-likeness (QED) is 0.630. The van der Waals surface area contributed by atoms with Gasteiger partial charge in [-0.1, -0.05) is 17.3 Å². The van der Waals surface area contributed by atoms with Crippen molar-refractivity contribution in [1.82, 2.24) is 15.0 Å². The SMILES string of the molecule is COCc1noc(CC2CCOC3(CCN(Cc4cccc(OC)c4OC)CC3)C2)n1. The molecule has 31 heavy (non-hydrogen) atoms. The van der Waals surface area contributed by atoms with Gasteiger partial charge in [-0.15, -0.1) is 0 Å². The molecule has 0 amide bonds. The van der Waals surface area contributed by atoms with Gasteiger partial charge in [0, 0.05) is 45.3 Å². The first-order valence-electron chi connectivity index (χ1n) is 11.0. The predicted molar refractivity (Wildman–Crippen MR) is 114 cm³/mol. The Kier molecular flexibility index (Phi) is 7.09. The third-order valence-corrected chi connectivity index (χ3v) is 6.49. The molecule has 8 heteroatoms. The van der Waals surface area contributed by atoms with E-state index in [1.165, 1.54) is 0 Å². The van der Waals surface area contributed by atoms with Crippen LogP contribution in [0.1, 0.15) is 43.0 Å². The Labute approximate surface area is 183 Å². The van der Waals surface area contributed by atoms with E-state index in [0.29, 0.717) is 24.2 Å². The zero-order chi connectivity index (χ0) is 21.7. The van der Waals surface area contributed by atoms with Crippen LogP contribution in [0.25, 0.3) is 0 Å². The van der Waals surface area contributed by atoms with Crippen LogP contribution in [0.2, 0.25) is 0 Å². The second-order valence-electron chi connectivity index (χ2n) is 8.56. The van der Waals surface area contributed by atoms with E-state index < -0.39 is 0 Å². The molecular formula is C23H33N3O5. The molecule has 1 atom stereocenters. The number of likely N-dealkylation sites (tertiary alicyclic amines) is 1. The minimum Gasteiger partial charge on any atom is -0.493 e. The summed E-state index contributed by atoms with van der Waals surface area (Å²) in [6.45, 7) is 4.05. The number of rotatable bonds is 8. The van der Waals surface area contributed by atoms with Crippen LogP contribution in [-0.2, 0) is 29.0 Å². The standard InChI is InChI=1S/C23H33N3O5/c1-27-16-20-24-21(31-25-20)13-17-7-12-30-23(14-17)8-10-26(11-9-23)15-18-5-4-6-19(28-2)22(18)29-3/h4-6,17H,7-16H2,1-3H3. The maximum Gasteiger partial charge on any atom is 0.227 e. The summed E-state index contributed by atoms with van der Waals surface area (Å²) in [6.07, 6.45) is 4.97. The van der Waals surface area contributed by atoms with Gasteiger partial charge in [-0.05, 0) is 37.7 Å². The maximum absolute atomic E-state index is 6.34. The van der Waals surface area contributed by atoms with Gasteiger partial charge in [0.2, 0.25) is 5.89 Å². The molecule has 0 radical (unpaired) electrons. The summed E-state index contributed by atoms with van der Waals surface area (Å²) in [6, 6.07) is 6.07. The van der Waals surface area contributed by atoms with Gasteiger partial charge in [-0.25, -0.2) is 0 Å². The molecule has 2 aromatic rings. The summed E-state index contributed by atoms with van der Waals surface area (Å²) in [5.41, 5.74) is 1.12. The highest BCUT2D eigenvalue weighted by Crippen LogP contribution is 2.39. The van der Waals surface area contributed by atoms with Crippen molar-refractivity contribution < 1.29 is 23.5 Å². The number of nitrogens with zero attached hydrogens (tertiary/aromatic N) is 3. The number of hydrogen-bond donors (Lipinski definition) is 0. The van der Waals surface area contributed by atoms with Crippen molar-refractivity contribution in [3.05, 3.63) is 35.5 Å². The van der Waals surface area contributed by atoms with E-state index in [2.05, 4.69) is 21.1 Å². The van der Waals surface area contributed by atoms with Crippen LogP contribution in [-0.4, -0.2) is 61.7 Å². The molecule has 170 valence electrons. The van der Waals surface area contributed by atoms with Crippen LogP contribution < -0.4 is 9.47 Å². The third-order valence-electron chi connectivity index (χ3n) is 6.49. The Morgan fingerprint density at radius 1 is 1.16 bits per heavy atom. The highest BCUT2D eigenvalue weighted by atomic mass is 16.5. The molecule has 0 N–H and O–H groups in total. The lowest BCUT2D eigenvalue weighted by Crippen LogP contribution is -2.49. The topological polar surface area (TPSA) is 79.1 Å². The largest absolute Gasteiger partial charge is 0.493 e. The summed E-state index contributed by atoms with van der Waals surface area (Å²) >= 11 is 0. The van der Waals surface area contributed by atoms with E-state index in [9.17, 15) is 0 Å². The molecule has 2 saturated heterocycles. The van der Waals surface area contributed by atoms with E-state index in [4.69, 9.17) is 23.5 Å². The third kappa shape index (κ3) is 5.19. The predicted octanol–water partition coefficient (Wildman–Crippen LogP) is 3.24. The van der Waals surface area contributed by atoms with Gasteiger partial charge < -0.3 is 23.5 Å². The zero-order valence-electron chi connectivity index (χ0n) is 18.8. The fraction of sp³-hybridized carbons (Fsp3) is 0.652. The van der Waals surface area contributed by atoms with Crippen LogP contribution in [0.5, 0.6) is 11.5 Å². The van der Waals surface area contributed by atoms with Crippen molar-refractivity contribution in [2.45, 2.75) is 50.9 Å². The van der Waals surface area contributed by atoms with Gasteiger partial charge >= 0.3 is 0 Å². The molecule has 0 bridgehead atoms. The summed E-state index contributed by atoms with van der Waals surface area (Å²) in [7, 11) is 5.01. The molecular weight excluding hydrogens is 398 g/mol. The molecule has 4 rings (SSSR count). The molecule has 2 aliphatic heterocycles. The van der Waals surface area contributed by atoms with Crippen LogP contribution in [0.3, 0.4) is 0 Å². The van der Waals surface area contributed by atoms with Gasteiger partial charge in [-0.2, -0.15) is 4.98 Å². The molecule has 0 saturated carbocycles. The van der Waals surface area contributed by atoms with Crippen molar-refractivity contribution in [2.75, 3.05) is 41.0 Å². The normalized spacial score (nSPS) is 21.3. The molecule has 1 spiro atoms. The first-order valence-corrected chi connectivity index (χ1v) is 11.0. The first-order chi connectivity index (χ1) is 15.1. The Balaban J connectivity index is 1.33. The molecule has 0 aliphatic carbocycles. The second kappa shape index (κ2) is 9.97. The van der Waals surface area contributed by atoms with Gasteiger partial charge in [0.25, 0.3) is 0 Å². The minimum absolute atomic E-state index is 0.0345. The summed E-state index contributed by atoms with van der Waals surface area (Å²) in [5, 5.41) is 3.98. The van der Waals surface area contributed by atoms with Gasteiger partial charge in [-0.3, -0.25) is 4.90 Å². The average molecular weight is 432 g/mol. The molecule has 3 heterocycles. The average Bonchev–Trinajstić information content (AvgIpc) is 3.22. The number of benzene rings is 1. The van der Waals surface area contributed by atoms with Crippen LogP contribution in [0.4, 0.5) is 0 Å². The Bertz CT molecular complexity index is 847. The van der Waals surface area contributed by atoms with Crippen LogP contribution in [0.15, 0.2) is 22.7 Å². The summed E-state index contributed by atoms with van der Waals surface area (Å²) in [4.78, 5) is 6.92. The van der Waals surface area contributed by atoms with Gasteiger partial charge in [0.05, 0.1) is 19.8 Å². The number of aromatic nitrogens is 2. The number of piperidine rings is 1. The fourth-order valence-electron chi connectivity index (χ4n) is 4.90. The molecule has 2 aliphatic rings. The Morgan fingerprint density at radius 2 is 2.00 bits per heavy atom. The fourth-order valence-corrected chi connectivity index (χ4v) is 4.90. The lowest BCUT2D eigenvalue weighted by Gasteiger charge is -2.46. The number of para-hydroxylation sites is 1. The number of methoxy groups -OCH3 is 3. The van der Waals surface area contributed by atoms with Crippen LogP contribution >= 0.6 is 0 Å². The second-order valence-corrected chi connectivity index (χ2v) is 8.56. The van der Waals surface area contributed by atoms with E-state index in [-0.39, 0.29) is 5.60 Å². The van der Waals surface area contributed by atoms with Crippen LogP contribution in [0, 0.1) is 5.92 Å². The van der Waals surface area contributed by atoms with Crippen molar-refractivity contribution in [2.24, 2.45) is 5.92 Å².